The minimum atomic E-state index is 0.577. The number of aryl methyl sites for hydroxylation is 2. The summed E-state index contributed by atoms with van der Waals surface area (Å²) in [6, 6.07) is 15.8. The number of rotatable bonds is 5. The average Bonchev–Trinajstić information content (AvgIpc) is 2.58. The van der Waals surface area contributed by atoms with E-state index >= 15 is 0 Å². The summed E-state index contributed by atoms with van der Waals surface area (Å²) in [6.07, 6.45) is 1.74. The number of halogens is 1. The molecule has 0 aliphatic heterocycles. The number of hydrogen-bond donors (Lipinski definition) is 2. The van der Waals surface area contributed by atoms with Gasteiger partial charge in [-0.1, -0.05) is 41.9 Å². The van der Waals surface area contributed by atoms with E-state index in [4.69, 9.17) is 11.6 Å². The van der Waals surface area contributed by atoms with Crippen LogP contribution in [0.4, 0.5) is 17.5 Å². The summed E-state index contributed by atoms with van der Waals surface area (Å²) in [5.41, 5.74) is 4.52. The molecule has 1 aromatic heterocycles. The van der Waals surface area contributed by atoms with Gasteiger partial charge in [-0.25, -0.2) is 4.98 Å². The van der Waals surface area contributed by atoms with Gasteiger partial charge in [0.2, 0.25) is 5.95 Å². The first-order valence-electron chi connectivity index (χ1n) is 7.76. The van der Waals surface area contributed by atoms with Gasteiger partial charge in [0.15, 0.2) is 0 Å². The lowest BCUT2D eigenvalue weighted by molar-refractivity contribution is 1.08. The Morgan fingerprint density at radius 1 is 0.958 bits per heavy atom. The van der Waals surface area contributed by atoms with E-state index in [9.17, 15) is 0 Å². The van der Waals surface area contributed by atoms with Crippen LogP contribution in [0.15, 0.2) is 54.7 Å². The zero-order chi connectivity index (χ0) is 16.9. The Hall–Kier alpha value is -2.59. The maximum Gasteiger partial charge on any atom is 0.229 e. The summed E-state index contributed by atoms with van der Waals surface area (Å²) in [5.74, 6) is 1.35. The Balaban J connectivity index is 1.71. The van der Waals surface area contributed by atoms with Crippen LogP contribution in [0.2, 0.25) is 5.02 Å². The molecule has 1 heterocycles. The van der Waals surface area contributed by atoms with Crippen LogP contribution in [0, 0.1) is 13.8 Å². The van der Waals surface area contributed by atoms with E-state index in [2.05, 4.69) is 46.6 Å². The van der Waals surface area contributed by atoms with E-state index in [1.54, 1.807) is 6.20 Å². The van der Waals surface area contributed by atoms with Crippen molar-refractivity contribution in [2.45, 2.75) is 20.4 Å². The van der Waals surface area contributed by atoms with Crippen molar-refractivity contribution in [3.63, 3.8) is 0 Å². The van der Waals surface area contributed by atoms with Crippen LogP contribution in [0.25, 0.3) is 0 Å². The predicted octanol–water partition coefficient (Wildman–Crippen LogP) is 5.10. The summed E-state index contributed by atoms with van der Waals surface area (Å²) in [4.78, 5) is 8.83. The molecule has 0 aliphatic carbocycles. The molecule has 4 nitrogen and oxygen atoms in total. The molecule has 5 heteroatoms. The second-order valence-corrected chi connectivity index (χ2v) is 6.07. The zero-order valence-electron chi connectivity index (χ0n) is 13.7. The Morgan fingerprint density at radius 2 is 1.67 bits per heavy atom. The van der Waals surface area contributed by atoms with E-state index in [1.165, 1.54) is 0 Å². The standard InChI is InChI=1S/C19H19ClN4/c1-13-4-3-5-14(2)18(13)24-19-21-11-10-17(23-19)22-12-15-6-8-16(20)9-7-15/h3-11H,12H2,1-2H3,(H2,21,22,23,24). The van der Waals surface area contributed by atoms with Gasteiger partial charge in [0, 0.05) is 23.5 Å². The van der Waals surface area contributed by atoms with Gasteiger partial charge in [0.25, 0.3) is 0 Å². The number of nitrogens with one attached hydrogen (secondary N) is 2. The minimum absolute atomic E-state index is 0.577. The van der Waals surface area contributed by atoms with E-state index in [0.717, 1.165) is 33.2 Å². The predicted molar refractivity (Wildman–Crippen MR) is 100 cm³/mol. The highest BCUT2D eigenvalue weighted by Crippen LogP contribution is 2.23. The van der Waals surface area contributed by atoms with Crippen LogP contribution in [-0.2, 0) is 6.54 Å². The normalized spacial score (nSPS) is 10.5. The Labute approximate surface area is 146 Å². The highest BCUT2D eigenvalue weighted by Gasteiger charge is 2.05. The Morgan fingerprint density at radius 3 is 2.38 bits per heavy atom. The van der Waals surface area contributed by atoms with Crippen molar-refractivity contribution in [2.24, 2.45) is 0 Å². The number of nitrogens with zero attached hydrogens (tertiary/aromatic N) is 2. The van der Waals surface area contributed by atoms with Crippen molar-refractivity contribution in [2.75, 3.05) is 10.6 Å². The van der Waals surface area contributed by atoms with Crippen molar-refractivity contribution < 1.29 is 0 Å². The summed E-state index contributed by atoms with van der Waals surface area (Å²) >= 11 is 5.90. The van der Waals surface area contributed by atoms with Gasteiger partial charge in [-0.2, -0.15) is 4.98 Å². The Kier molecular flexibility index (Phi) is 4.96. The van der Waals surface area contributed by atoms with Gasteiger partial charge in [-0.15, -0.1) is 0 Å². The largest absolute Gasteiger partial charge is 0.366 e. The molecule has 0 saturated heterocycles. The molecule has 0 atom stereocenters. The molecule has 122 valence electrons. The third-order valence-electron chi connectivity index (χ3n) is 3.76. The zero-order valence-corrected chi connectivity index (χ0v) is 14.4. The smallest absolute Gasteiger partial charge is 0.229 e. The summed E-state index contributed by atoms with van der Waals surface area (Å²) in [6.45, 7) is 4.81. The fourth-order valence-corrected chi connectivity index (χ4v) is 2.56. The molecule has 2 N–H and O–H groups in total. The molecule has 0 fully saturated rings. The fraction of sp³-hybridized carbons (Fsp3) is 0.158. The third kappa shape index (κ3) is 4.03. The fourth-order valence-electron chi connectivity index (χ4n) is 2.44. The first kappa shape index (κ1) is 16.3. The van der Waals surface area contributed by atoms with E-state index in [1.807, 2.05) is 36.4 Å². The maximum atomic E-state index is 5.90. The van der Waals surface area contributed by atoms with Crippen LogP contribution < -0.4 is 10.6 Å². The second kappa shape index (κ2) is 7.32. The number of hydrogen-bond acceptors (Lipinski definition) is 4. The van der Waals surface area contributed by atoms with Crippen molar-refractivity contribution >= 4 is 29.1 Å². The SMILES string of the molecule is Cc1cccc(C)c1Nc1nccc(NCc2ccc(Cl)cc2)n1. The molecule has 0 amide bonds. The van der Waals surface area contributed by atoms with Crippen molar-refractivity contribution in [1.29, 1.82) is 0 Å². The first-order valence-corrected chi connectivity index (χ1v) is 8.14. The Bertz CT molecular complexity index is 811. The van der Waals surface area contributed by atoms with Gasteiger partial charge in [0.05, 0.1) is 0 Å². The van der Waals surface area contributed by atoms with Crippen molar-refractivity contribution in [3.05, 3.63) is 76.4 Å². The van der Waals surface area contributed by atoms with E-state index in [0.29, 0.717) is 12.5 Å². The molecule has 0 radical (unpaired) electrons. The molecule has 3 aromatic rings. The number of benzene rings is 2. The molecule has 0 saturated carbocycles. The van der Waals surface area contributed by atoms with Crippen LogP contribution in [0.3, 0.4) is 0 Å². The minimum Gasteiger partial charge on any atom is -0.366 e. The monoisotopic (exact) mass is 338 g/mol. The number of aromatic nitrogens is 2. The van der Waals surface area contributed by atoms with Crippen LogP contribution in [0.1, 0.15) is 16.7 Å². The average molecular weight is 339 g/mol. The van der Waals surface area contributed by atoms with Gasteiger partial charge < -0.3 is 10.6 Å². The molecule has 0 unspecified atom stereocenters. The van der Waals surface area contributed by atoms with Crippen LogP contribution >= 0.6 is 11.6 Å². The van der Waals surface area contributed by atoms with Crippen molar-refractivity contribution in [3.8, 4) is 0 Å². The maximum absolute atomic E-state index is 5.90. The van der Waals surface area contributed by atoms with E-state index in [-0.39, 0.29) is 0 Å². The van der Waals surface area contributed by atoms with Gasteiger partial charge in [0.1, 0.15) is 5.82 Å². The lowest BCUT2D eigenvalue weighted by Crippen LogP contribution is -2.05. The van der Waals surface area contributed by atoms with E-state index < -0.39 is 0 Å². The molecule has 2 aromatic carbocycles. The molecule has 0 bridgehead atoms. The highest BCUT2D eigenvalue weighted by atomic mass is 35.5. The quantitative estimate of drug-likeness (QED) is 0.679. The first-order chi connectivity index (χ1) is 11.6. The molecule has 3 rings (SSSR count). The van der Waals surface area contributed by atoms with Gasteiger partial charge in [-0.05, 0) is 48.7 Å². The molecular weight excluding hydrogens is 320 g/mol. The van der Waals surface area contributed by atoms with Gasteiger partial charge in [-0.3, -0.25) is 0 Å². The number of para-hydroxylation sites is 1. The number of anilines is 3. The molecule has 0 aliphatic rings. The molecular formula is C19H19ClN4. The lowest BCUT2D eigenvalue weighted by Gasteiger charge is -2.12. The summed E-state index contributed by atoms with van der Waals surface area (Å²) in [5, 5.41) is 7.35. The second-order valence-electron chi connectivity index (χ2n) is 5.64. The lowest BCUT2D eigenvalue weighted by atomic mass is 10.1. The topological polar surface area (TPSA) is 49.8 Å². The summed E-state index contributed by atoms with van der Waals surface area (Å²) < 4.78 is 0. The van der Waals surface area contributed by atoms with Crippen LogP contribution in [0.5, 0.6) is 0 Å². The highest BCUT2D eigenvalue weighted by molar-refractivity contribution is 6.30. The third-order valence-corrected chi connectivity index (χ3v) is 4.01. The summed E-state index contributed by atoms with van der Waals surface area (Å²) in [7, 11) is 0. The van der Waals surface area contributed by atoms with Crippen molar-refractivity contribution in [1.82, 2.24) is 9.97 Å². The van der Waals surface area contributed by atoms with Gasteiger partial charge >= 0.3 is 0 Å². The van der Waals surface area contributed by atoms with Crippen LogP contribution in [-0.4, -0.2) is 9.97 Å². The molecule has 24 heavy (non-hydrogen) atoms. The molecule has 0 spiro atoms.